The maximum Gasteiger partial charge on any atom is 0.433 e. The van der Waals surface area contributed by atoms with Gasteiger partial charge < -0.3 is 10.2 Å². The molecule has 2 aromatic heterocycles. The third-order valence-electron chi connectivity index (χ3n) is 2.76. The van der Waals surface area contributed by atoms with Gasteiger partial charge in [0.15, 0.2) is 11.5 Å². The first-order valence-electron chi connectivity index (χ1n) is 5.74. The summed E-state index contributed by atoms with van der Waals surface area (Å²) in [5.41, 5.74) is 4.33. The van der Waals surface area contributed by atoms with Crippen LogP contribution in [0.2, 0.25) is 0 Å². The summed E-state index contributed by atoms with van der Waals surface area (Å²) in [6.07, 6.45) is -4.65. The Morgan fingerprint density at radius 3 is 2.52 bits per heavy atom. The Hall–Kier alpha value is -2.64. The van der Waals surface area contributed by atoms with Gasteiger partial charge >= 0.3 is 6.18 Å². The van der Waals surface area contributed by atoms with Crippen LogP contribution in [0.5, 0.6) is 0 Å². The van der Waals surface area contributed by atoms with Gasteiger partial charge in [-0.15, -0.1) is 0 Å². The molecule has 0 unspecified atom stereocenters. The van der Waals surface area contributed by atoms with Crippen molar-refractivity contribution in [2.45, 2.75) is 6.18 Å². The summed E-state index contributed by atoms with van der Waals surface area (Å²) in [7, 11) is 0. The van der Waals surface area contributed by atoms with Gasteiger partial charge in [-0.05, 0) is 30.3 Å². The predicted molar refractivity (Wildman–Crippen MR) is 66.6 cm³/mol. The molecule has 0 fully saturated rings. The van der Waals surface area contributed by atoms with Gasteiger partial charge in [0.05, 0.1) is 0 Å². The van der Waals surface area contributed by atoms with Gasteiger partial charge in [0.1, 0.15) is 17.1 Å². The number of halogens is 4. The SMILES string of the molecule is Nc1nc(-c2cc3cc(F)ccc3o2)cc(C(F)(F)F)n1. The second kappa shape index (κ2) is 4.44. The molecule has 0 aliphatic carbocycles. The summed E-state index contributed by atoms with van der Waals surface area (Å²) >= 11 is 0. The van der Waals surface area contributed by atoms with Crippen LogP contribution in [0.15, 0.2) is 34.7 Å². The van der Waals surface area contributed by atoms with Crippen molar-refractivity contribution in [3.05, 3.63) is 41.8 Å². The number of nitrogen functional groups attached to an aromatic ring is 1. The smallest absolute Gasteiger partial charge is 0.433 e. The lowest BCUT2D eigenvalue weighted by Gasteiger charge is -2.07. The van der Waals surface area contributed by atoms with E-state index in [-0.39, 0.29) is 11.5 Å². The van der Waals surface area contributed by atoms with Crippen LogP contribution in [0.25, 0.3) is 22.4 Å². The minimum absolute atomic E-state index is 0.0511. The number of nitrogens with zero attached hydrogens (tertiary/aromatic N) is 2. The van der Waals surface area contributed by atoms with Crippen LogP contribution in [0.1, 0.15) is 5.69 Å². The van der Waals surface area contributed by atoms with E-state index in [1.54, 1.807) is 0 Å². The second-order valence-electron chi connectivity index (χ2n) is 4.29. The molecule has 4 nitrogen and oxygen atoms in total. The van der Waals surface area contributed by atoms with Crippen molar-refractivity contribution in [2.75, 3.05) is 5.73 Å². The zero-order valence-electron chi connectivity index (χ0n) is 10.3. The Morgan fingerprint density at radius 2 is 1.81 bits per heavy atom. The van der Waals surface area contributed by atoms with Crippen LogP contribution in [-0.2, 0) is 6.18 Å². The van der Waals surface area contributed by atoms with E-state index >= 15 is 0 Å². The monoisotopic (exact) mass is 297 g/mol. The number of benzene rings is 1. The second-order valence-corrected chi connectivity index (χ2v) is 4.29. The first-order valence-corrected chi connectivity index (χ1v) is 5.74. The normalized spacial score (nSPS) is 12.0. The maximum absolute atomic E-state index is 13.1. The fourth-order valence-corrected chi connectivity index (χ4v) is 1.88. The molecular weight excluding hydrogens is 290 g/mol. The molecule has 0 aliphatic heterocycles. The van der Waals surface area contributed by atoms with E-state index in [1.807, 2.05) is 0 Å². The summed E-state index contributed by atoms with van der Waals surface area (Å²) in [6.45, 7) is 0. The molecule has 0 saturated heterocycles. The molecule has 108 valence electrons. The molecule has 21 heavy (non-hydrogen) atoms. The zero-order chi connectivity index (χ0) is 15.2. The van der Waals surface area contributed by atoms with Gasteiger partial charge in [0.2, 0.25) is 5.95 Å². The molecule has 2 heterocycles. The number of anilines is 1. The fourth-order valence-electron chi connectivity index (χ4n) is 1.88. The van der Waals surface area contributed by atoms with Crippen LogP contribution in [0, 0.1) is 5.82 Å². The highest BCUT2D eigenvalue weighted by molar-refractivity contribution is 5.82. The highest BCUT2D eigenvalue weighted by Crippen LogP contribution is 2.32. The van der Waals surface area contributed by atoms with Crippen LogP contribution in [0.4, 0.5) is 23.5 Å². The molecule has 3 aromatic rings. The van der Waals surface area contributed by atoms with Gasteiger partial charge in [-0.3, -0.25) is 0 Å². The van der Waals surface area contributed by atoms with Gasteiger partial charge in [0.25, 0.3) is 0 Å². The number of alkyl halides is 3. The Labute approximate surface area is 115 Å². The van der Waals surface area contributed by atoms with Crippen LogP contribution >= 0.6 is 0 Å². The third-order valence-corrected chi connectivity index (χ3v) is 2.76. The van der Waals surface area contributed by atoms with Crippen molar-refractivity contribution < 1.29 is 22.0 Å². The number of nitrogens with two attached hydrogens (primary N) is 1. The van der Waals surface area contributed by atoms with Gasteiger partial charge in [-0.2, -0.15) is 13.2 Å². The number of hydrogen-bond acceptors (Lipinski definition) is 4. The molecule has 0 amide bonds. The van der Waals surface area contributed by atoms with E-state index < -0.39 is 23.6 Å². The van der Waals surface area contributed by atoms with E-state index in [0.29, 0.717) is 11.0 Å². The topological polar surface area (TPSA) is 64.9 Å². The summed E-state index contributed by atoms with van der Waals surface area (Å²) in [5.74, 6) is -0.949. The molecule has 0 atom stereocenters. The Morgan fingerprint density at radius 1 is 1.05 bits per heavy atom. The van der Waals surface area contributed by atoms with Crippen LogP contribution in [-0.4, -0.2) is 9.97 Å². The number of hydrogen-bond donors (Lipinski definition) is 1. The number of aromatic nitrogens is 2. The molecular formula is C13H7F4N3O. The molecule has 0 saturated carbocycles. The summed E-state index contributed by atoms with van der Waals surface area (Å²) in [4.78, 5) is 6.85. The quantitative estimate of drug-likeness (QED) is 0.697. The van der Waals surface area contributed by atoms with E-state index in [9.17, 15) is 17.6 Å². The molecule has 0 radical (unpaired) electrons. The molecule has 2 N–H and O–H groups in total. The Kier molecular flexibility index (Phi) is 2.82. The lowest BCUT2D eigenvalue weighted by molar-refractivity contribution is -0.141. The molecule has 3 rings (SSSR count). The molecule has 0 spiro atoms. The first kappa shape index (κ1) is 13.3. The lowest BCUT2D eigenvalue weighted by Crippen LogP contribution is -2.11. The number of furan rings is 1. The Balaban J connectivity index is 2.16. The average Bonchev–Trinajstić information content (AvgIpc) is 2.80. The first-order chi connectivity index (χ1) is 9.83. The van der Waals surface area contributed by atoms with E-state index in [2.05, 4.69) is 9.97 Å². The minimum atomic E-state index is -4.65. The van der Waals surface area contributed by atoms with E-state index in [0.717, 1.165) is 6.07 Å². The summed E-state index contributed by atoms with van der Waals surface area (Å²) in [6, 6.07) is 5.89. The highest BCUT2D eigenvalue weighted by atomic mass is 19.4. The van der Waals surface area contributed by atoms with E-state index in [1.165, 1.54) is 24.3 Å². The predicted octanol–water partition coefficient (Wildman–Crippen LogP) is 3.63. The van der Waals surface area contributed by atoms with Crippen molar-refractivity contribution in [1.82, 2.24) is 9.97 Å². The van der Waals surface area contributed by atoms with Gasteiger partial charge in [0, 0.05) is 5.39 Å². The van der Waals surface area contributed by atoms with Crippen molar-refractivity contribution >= 4 is 16.9 Å². The van der Waals surface area contributed by atoms with Crippen molar-refractivity contribution in [2.24, 2.45) is 0 Å². The standard InChI is InChI=1S/C13H7F4N3O/c14-7-1-2-9-6(3-7)4-10(21-9)8-5-11(13(15,16)17)20-12(18)19-8/h1-5H,(H2,18,19,20). The summed E-state index contributed by atoms with van der Waals surface area (Å²) < 4.78 is 56.5. The van der Waals surface area contributed by atoms with Crippen molar-refractivity contribution in [3.63, 3.8) is 0 Å². The summed E-state index contributed by atoms with van der Waals surface area (Å²) in [5, 5.41) is 0.413. The number of fused-ring (bicyclic) bond motifs is 1. The maximum atomic E-state index is 13.1. The van der Waals surface area contributed by atoms with E-state index in [4.69, 9.17) is 10.2 Å². The number of rotatable bonds is 1. The molecule has 1 aromatic carbocycles. The van der Waals surface area contributed by atoms with Gasteiger partial charge in [-0.25, -0.2) is 14.4 Å². The molecule has 0 bridgehead atoms. The minimum Gasteiger partial charge on any atom is -0.454 e. The highest BCUT2D eigenvalue weighted by Gasteiger charge is 2.33. The fraction of sp³-hybridized carbons (Fsp3) is 0.0769. The third kappa shape index (κ3) is 2.51. The Bertz CT molecular complexity index is 826. The average molecular weight is 297 g/mol. The van der Waals surface area contributed by atoms with Gasteiger partial charge in [-0.1, -0.05) is 0 Å². The van der Waals surface area contributed by atoms with Crippen molar-refractivity contribution in [1.29, 1.82) is 0 Å². The molecule has 8 heteroatoms. The molecule has 0 aliphatic rings. The van der Waals surface area contributed by atoms with Crippen molar-refractivity contribution in [3.8, 4) is 11.5 Å². The van der Waals surface area contributed by atoms with Crippen LogP contribution in [0.3, 0.4) is 0 Å². The van der Waals surface area contributed by atoms with Crippen LogP contribution < -0.4 is 5.73 Å². The largest absolute Gasteiger partial charge is 0.454 e. The zero-order valence-corrected chi connectivity index (χ0v) is 10.3. The lowest BCUT2D eigenvalue weighted by atomic mass is 10.2.